The third-order valence-corrected chi connectivity index (χ3v) is 1.84. The first kappa shape index (κ1) is 9.90. The number of allylic oxidation sites excluding steroid dienone is 1. The molecular formula is C11H12F2. The number of rotatable bonds is 4. The van der Waals surface area contributed by atoms with Crippen LogP contribution in [-0.4, -0.2) is 0 Å². The quantitative estimate of drug-likeness (QED) is 0.624. The van der Waals surface area contributed by atoms with Crippen LogP contribution in [0.15, 0.2) is 36.7 Å². The van der Waals surface area contributed by atoms with Crippen LogP contribution in [0.2, 0.25) is 0 Å². The molecule has 0 nitrogen and oxygen atoms in total. The highest BCUT2D eigenvalue weighted by Gasteiger charge is 1.92. The van der Waals surface area contributed by atoms with Gasteiger partial charge in [-0.2, -0.15) is 0 Å². The summed E-state index contributed by atoms with van der Waals surface area (Å²) in [6, 6.07) is 6.41. The molecule has 13 heavy (non-hydrogen) atoms. The fourth-order valence-electron chi connectivity index (χ4n) is 1.14. The molecule has 0 spiro atoms. The lowest BCUT2D eigenvalue weighted by Gasteiger charge is -1.98. The molecule has 0 aliphatic carbocycles. The van der Waals surface area contributed by atoms with E-state index in [0.29, 0.717) is 6.33 Å². The zero-order valence-corrected chi connectivity index (χ0v) is 7.34. The number of unbranched alkanes of at least 4 members (excludes halogenated alkanes) is 1. The highest BCUT2D eigenvalue weighted by Crippen LogP contribution is 2.07. The lowest BCUT2D eigenvalue weighted by molar-refractivity contribution is 0.626. The second-order valence-corrected chi connectivity index (χ2v) is 2.88. The molecule has 0 saturated heterocycles. The molecule has 0 aromatic heterocycles. The first-order valence-corrected chi connectivity index (χ1v) is 4.32. The minimum absolute atomic E-state index is 0.215. The summed E-state index contributed by atoms with van der Waals surface area (Å²) >= 11 is 0. The summed E-state index contributed by atoms with van der Waals surface area (Å²) in [5.41, 5.74) is 1.09. The Morgan fingerprint density at radius 2 is 1.85 bits per heavy atom. The monoisotopic (exact) mass is 182 g/mol. The van der Waals surface area contributed by atoms with Gasteiger partial charge in [-0.25, -0.2) is 8.78 Å². The summed E-state index contributed by atoms with van der Waals surface area (Å²) in [5, 5.41) is 0. The minimum Gasteiger partial charge on any atom is -0.216 e. The van der Waals surface area contributed by atoms with Crippen molar-refractivity contribution < 1.29 is 8.78 Å². The Morgan fingerprint density at radius 3 is 2.46 bits per heavy atom. The van der Waals surface area contributed by atoms with E-state index in [-0.39, 0.29) is 5.82 Å². The maximum atomic E-state index is 12.5. The zero-order valence-electron chi connectivity index (χ0n) is 7.34. The van der Waals surface area contributed by atoms with E-state index in [9.17, 15) is 8.78 Å². The molecule has 0 aliphatic rings. The molecule has 0 N–H and O–H groups in total. The summed E-state index contributed by atoms with van der Waals surface area (Å²) in [4.78, 5) is 0. The number of aryl methyl sites for hydroxylation is 1. The van der Waals surface area contributed by atoms with Gasteiger partial charge in [0.2, 0.25) is 0 Å². The van der Waals surface area contributed by atoms with E-state index in [1.807, 2.05) is 0 Å². The van der Waals surface area contributed by atoms with Gasteiger partial charge in [0.1, 0.15) is 5.82 Å². The first-order chi connectivity index (χ1) is 6.33. The van der Waals surface area contributed by atoms with Gasteiger partial charge in [0.05, 0.1) is 6.33 Å². The lowest BCUT2D eigenvalue weighted by Crippen LogP contribution is -1.84. The van der Waals surface area contributed by atoms with Gasteiger partial charge in [0.15, 0.2) is 0 Å². The standard InChI is InChI=1S/C11H12F2/c12-9-3-1-2-4-10-5-7-11(13)8-6-10/h3,5-9H,1-2,4H2. The molecule has 1 aromatic rings. The fourth-order valence-corrected chi connectivity index (χ4v) is 1.14. The SMILES string of the molecule is FC=CCCCc1ccc(F)cc1. The number of hydrogen-bond donors (Lipinski definition) is 0. The number of benzene rings is 1. The van der Waals surface area contributed by atoms with Crippen LogP contribution in [0.5, 0.6) is 0 Å². The van der Waals surface area contributed by atoms with E-state index in [2.05, 4.69) is 0 Å². The molecule has 70 valence electrons. The van der Waals surface area contributed by atoms with Gasteiger partial charge in [-0.05, 0) is 37.0 Å². The predicted octanol–water partition coefficient (Wildman–Crippen LogP) is 3.63. The summed E-state index contributed by atoms with van der Waals surface area (Å²) in [5.74, 6) is -0.215. The van der Waals surface area contributed by atoms with Crippen molar-refractivity contribution >= 4 is 0 Å². The van der Waals surface area contributed by atoms with Gasteiger partial charge in [0, 0.05) is 0 Å². The Morgan fingerprint density at radius 1 is 1.15 bits per heavy atom. The molecule has 0 bridgehead atoms. The molecule has 0 amide bonds. The van der Waals surface area contributed by atoms with Crippen LogP contribution in [0.3, 0.4) is 0 Å². The Balaban J connectivity index is 2.33. The first-order valence-electron chi connectivity index (χ1n) is 4.32. The van der Waals surface area contributed by atoms with E-state index >= 15 is 0 Å². The van der Waals surface area contributed by atoms with Crippen LogP contribution in [0.4, 0.5) is 8.78 Å². The van der Waals surface area contributed by atoms with Crippen molar-refractivity contribution in [2.75, 3.05) is 0 Å². The van der Waals surface area contributed by atoms with Crippen LogP contribution < -0.4 is 0 Å². The number of hydrogen-bond acceptors (Lipinski definition) is 0. The molecule has 0 unspecified atom stereocenters. The largest absolute Gasteiger partial charge is 0.216 e. The Hall–Kier alpha value is -1.18. The maximum Gasteiger partial charge on any atom is 0.123 e. The van der Waals surface area contributed by atoms with Gasteiger partial charge in [0.25, 0.3) is 0 Å². The molecule has 0 radical (unpaired) electrons. The average molecular weight is 182 g/mol. The van der Waals surface area contributed by atoms with Crippen LogP contribution in [0.25, 0.3) is 0 Å². The van der Waals surface area contributed by atoms with Crippen molar-refractivity contribution in [3.05, 3.63) is 48.1 Å². The summed E-state index contributed by atoms with van der Waals surface area (Å²) in [7, 11) is 0. The highest BCUT2D eigenvalue weighted by molar-refractivity contribution is 5.16. The molecule has 0 heterocycles. The van der Waals surface area contributed by atoms with E-state index in [1.54, 1.807) is 12.1 Å². The summed E-state index contributed by atoms with van der Waals surface area (Å²) < 4.78 is 24.0. The van der Waals surface area contributed by atoms with Gasteiger partial charge >= 0.3 is 0 Å². The van der Waals surface area contributed by atoms with Gasteiger partial charge < -0.3 is 0 Å². The van der Waals surface area contributed by atoms with Crippen LogP contribution >= 0.6 is 0 Å². The predicted molar refractivity (Wildman–Crippen MR) is 49.6 cm³/mol. The Bertz CT molecular complexity index is 262. The minimum atomic E-state index is -0.215. The van der Waals surface area contributed by atoms with E-state index in [4.69, 9.17) is 0 Å². The molecule has 1 rings (SSSR count). The van der Waals surface area contributed by atoms with Crippen molar-refractivity contribution in [3.63, 3.8) is 0 Å². The fraction of sp³-hybridized carbons (Fsp3) is 0.273. The summed E-state index contributed by atoms with van der Waals surface area (Å²) in [6.45, 7) is 0. The van der Waals surface area contributed by atoms with E-state index in [1.165, 1.54) is 18.2 Å². The molecule has 0 saturated carbocycles. The van der Waals surface area contributed by atoms with Gasteiger partial charge in [-0.1, -0.05) is 18.2 Å². The summed E-state index contributed by atoms with van der Waals surface area (Å²) in [6.07, 6.45) is 4.54. The normalized spacial score (nSPS) is 10.9. The van der Waals surface area contributed by atoms with Crippen molar-refractivity contribution in [1.82, 2.24) is 0 Å². The molecule has 0 fully saturated rings. The van der Waals surface area contributed by atoms with E-state index in [0.717, 1.165) is 24.8 Å². The van der Waals surface area contributed by atoms with Crippen molar-refractivity contribution in [2.24, 2.45) is 0 Å². The van der Waals surface area contributed by atoms with Crippen molar-refractivity contribution in [1.29, 1.82) is 0 Å². The van der Waals surface area contributed by atoms with Gasteiger partial charge in [-0.15, -0.1) is 0 Å². The Kier molecular flexibility index (Phi) is 4.16. The van der Waals surface area contributed by atoms with Crippen molar-refractivity contribution in [3.8, 4) is 0 Å². The van der Waals surface area contributed by atoms with Crippen molar-refractivity contribution in [2.45, 2.75) is 19.3 Å². The second-order valence-electron chi connectivity index (χ2n) is 2.88. The average Bonchev–Trinajstić information content (AvgIpc) is 2.15. The second kappa shape index (κ2) is 5.46. The van der Waals surface area contributed by atoms with Crippen LogP contribution in [0, 0.1) is 5.82 Å². The molecule has 0 atom stereocenters. The lowest BCUT2D eigenvalue weighted by atomic mass is 10.1. The smallest absolute Gasteiger partial charge is 0.123 e. The maximum absolute atomic E-state index is 12.5. The van der Waals surface area contributed by atoms with Crippen LogP contribution in [0.1, 0.15) is 18.4 Å². The molecule has 0 aliphatic heterocycles. The third-order valence-electron chi connectivity index (χ3n) is 1.84. The van der Waals surface area contributed by atoms with Gasteiger partial charge in [-0.3, -0.25) is 0 Å². The number of halogens is 2. The third kappa shape index (κ3) is 3.83. The van der Waals surface area contributed by atoms with Crippen LogP contribution in [-0.2, 0) is 6.42 Å². The molecule has 2 heteroatoms. The molecule has 1 aromatic carbocycles. The Labute approximate surface area is 76.9 Å². The van der Waals surface area contributed by atoms with E-state index < -0.39 is 0 Å². The topological polar surface area (TPSA) is 0 Å². The molecular weight excluding hydrogens is 170 g/mol. The highest BCUT2D eigenvalue weighted by atomic mass is 19.1. The zero-order chi connectivity index (χ0) is 9.52.